The van der Waals surface area contributed by atoms with Crippen LogP contribution < -0.4 is 0 Å². The van der Waals surface area contributed by atoms with E-state index < -0.39 is 0 Å². The first-order valence-electron chi connectivity index (χ1n) is 17.8. The Kier molecular flexibility index (Phi) is 5.90. The second-order valence-electron chi connectivity index (χ2n) is 13.7. The van der Waals surface area contributed by atoms with Crippen LogP contribution in [0.2, 0.25) is 0 Å². The minimum Gasteiger partial charge on any atom is -0.451 e. The number of aromatic nitrogens is 3. The monoisotopic (exact) mass is 693 g/mol. The molecule has 0 unspecified atom stereocenters. The van der Waals surface area contributed by atoms with Gasteiger partial charge in [0, 0.05) is 52.7 Å². The van der Waals surface area contributed by atoms with E-state index in [1.807, 2.05) is 11.3 Å². The third-order valence-corrected chi connectivity index (χ3v) is 12.0. The Balaban J connectivity index is 1.28. The van der Waals surface area contributed by atoms with Gasteiger partial charge in [-0.15, -0.1) is 11.3 Å². The fourth-order valence-corrected chi connectivity index (χ4v) is 9.70. The molecule has 0 spiro atoms. The van der Waals surface area contributed by atoms with Gasteiger partial charge in [-0.1, -0.05) is 140 Å². The van der Waals surface area contributed by atoms with Crippen LogP contribution in [0.15, 0.2) is 168 Å². The maximum Gasteiger partial charge on any atom is 0.236 e. The molecule has 0 aliphatic rings. The van der Waals surface area contributed by atoms with E-state index in [9.17, 15) is 0 Å². The van der Waals surface area contributed by atoms with Gasteiger partial charge in [0.25, 0.3) is 0 Å². The molecule has 12 rings (SSSR count). The third kappa shape index (κ3) is 4.05. The molecule has 0 atom stereocenters. The second kappa shape index (κ2) is 10.8. The fourth-order valence-electron chi connectivity index (χ4n) is 8.46. The molecular formula is C48H27N3OS. The molecule has 53 heavy (non-hydrogen) atoms. The number of para-hydroxylation sites is 1. The van der Waals surface area contributed by atoms with E-state index in [4.69, 9.17) is 14.4 Å². The van der Waals surface area contributed by atoms with Crippen LogP contribution in [0.4, 0.5) is 0 Å². The first-order chi connectivity index (χ1) is 26.3. The van der Waals surface area contributed by atoms with Gasteiger partial charge in [-0.2, -0.15) is 0 Å². The summed E-state index contributed by atoms with van der Waals surface area (Å²) in [5.74, 6) is 0.617. The molecule has 8 aromatic carbocycles. The van der Waals surface area contributed by atoms with Crippen LogP contribution in [0, 0.1) is 0 Å². The van der Waals surface area contributed by atoms with Crippen molar-refractivity contribution in [1.29, 1.82) is 0 Å². The molecule has 12 aromatic rings. The quantitative estimate of drug-likeness (QED) is 0.185. The molecule has 0 aliphatic carbocycles. The minimum atomic E-state index is 0.617. The van der Waals surface area contributed by atoms with Gasteiger partial charge in [0.05, 0.1) is 11.0 Å². The standard InChI is InChI=1S/C48H27N3OS/c1-2-13-28(14-3-1)30-16-12-17-31(27-30)42-46-43(37-26-25-29-15-4-5-18-32(29)45(37)52-46)50-48(49-42)51-38-23-10-8-21-35(38)40-33-19-6-7-20-34(33)47-41(44(40)51)36-22-9-11-24-39(36)53-47/h1-27H. The highest BCUT2D eigenvalue weighted by Gasteiger charge is 2.25. The number of thiophene rings is 1. The molecule has 4 nitrogen and oxygen atoms in total. The van der Waals surface area contributed by atoms with E-state index in [2.05, 4.69) is 168 Å². The zero-order valence-electron chi connectivity index (χ0n) is 28.2. The summed E-state index contributed by atoms with van der Waals surface area (Å²) in [6, 6.07) is 58.1. The summed E-state index contributed by atoms with van der Waals surface area (Å²) in [4.78, 5) is 11.0. The summed E-state index contributed by atoms with van der Waals surface area (Å²) in [5.41, 5.74) is 8.50. The normalized spacial score (nSPS) is 12.2. The highest BCUT2D eigenvalue weighted by Crippen LogP contribution is 2.48. The Hall–Kier alpha value is -6.82. The Morgan fingerprint density at radius 3 is 2.06 bits per heavy atom. The summed E-state index contributed by atoms with van der Waals surface area (Å²) >= 11 is 1.86. The molecule has 0 aliphatic heterocycles. The molecule has 5 heteroatoms. The first-order valence-corrected chi connectivity index (χ1v) is 18.7. The van der Waals surface area contributed by atoms with Gasteiger partial charge < -0.3 is 4.42 Å². The zero-order chi connectivity index (χ0) is 34.6. The van der Waals surface area contributed by atoms with Crippen molar-refractivity contribution in [3.8, 4) is 28.3 Å². The lowest BCUT2D eigenvalue weighted by molar-refractivity contribution is 0.670. The highest BCUT2D eigenvalue weighted by atomic mass is 32.1. The van der Waals surface area contributed by atoms with Crippen LogP contribution in [0.3, 0.4) is 0 Å². The van der Waals surface area contributed by atoms with Crippen molar-refractivity contribution in [2.24, 2.45) is 0 Å². The largest absolute Gasteiger partial charge is 0.451 e. The summed E-state index contributed by atoms with van der Waals surface area (Å²) in [5, 5.41) is 10.5. The van der Waals surface area contributed by atoms with E-state index in [0.29, 0.717) is 11.5 Å². The molecule has 0 amide bonds. The van der Waals surface area contributed by atoms with Crippen molar-refractivity contribution in [3.63, 3.8) is 0 Å². The molecule has 4 heterocycles. The van der Waals surface area contributed by atoms with Gasteiger partial charge >= 0.3 is 0 Å². The average Bonchev–Trinajstić information content (AvgIpc) is 3.91. The first kappa shape index (κ1) is 28.8. The maximum absolute atomic E-state index is 6.88. The number of nitrogens with zero attached hydrogens (tertiary/aromatic N) is 3. The second-order valence-corrected chi connectivity index (χ2v) is 14.7. The smallest absolute Gasteiger partial charge is 0.236 e. The van der Waals surface area contributed by atoms with Gasteiger partial charge in [0.1, 0.15) is 16.8 Å². The SMILES string of the molecule is c1ccc(-c2cccc(-c3nc(-n4c5ccccc5c5c6ccccc6c6sc7ccccc7c6c54)nc4c3oc3c5ccccc5ccc43)c2)cc1. The number of furan rings is 1. The number of benzene rings is 8. The van der Waals surface area contributed by atoms with Crippen LogP contribution in [0.5, 0.6) is 0 Å². The summed E-state index contributed by atoms with van der Waals surface area (Å²) in [6.07, 6.45) is 0. The molecule has 0 N–H and O–H groups in total. The lowest BCUT2D eigenvalue weighted by atomic mass is 10.00. The van der Waals surface area contributed by atoms with E-state index >= 15 is 0 Å². The zero-order valence-corrected chi connectivity index (χ0v) is 29.1. The van der Waals surface area contributed by atoms with Crippen molar-refractivity contribution < 1.29 is 4.42 Å². The molecular weight excluding hydrogens is 667 g/mol. The van der Waals surface area contributed by atoms with E-state index in [1.165, 1.54) is 41.7 Å². The van der Waals surface area contributed by atoms with Gasteiger partial charge in [-0.3, -0.25) is 4.57 Å². The lowest BCUT2D eigenvalue weighted by Crippen LogP contribution is -2.03. The van der Waals surface area contributed by atoms with E-state index in [1.54, 1.807) is 0 Å². The van der Waals surface area contributed by atoms with Gasteiger partial charge in [0.15, 0.2) is 5.58 Å². The van der Waals surface area contributed by atoms with E-state index in [-0.39, 0.29) is 0 Å². The Morgan fingerprint density at radius 2 is 1.17 bits per heavy atom. The van der Waals surface area contributed by atoms with Gasteiger partial charge in [-0.05, 0) is 46.2 Å². The molecule has 0 fully saturated rings. The van der Waals surface area contributed by atoms with Crippen molar-refractivity contribution in [2.75, 3.05) is 0 Å². The van der Waals surface area contributed by atoms with Crippen LogP contribution in [0.1, 0.15) is 0 Å². The molecule has 0 radical (unpaired) electrons. The Labute approximate surface area is 306 Å². The molecule has 0 saturated carbocycles. The van der Waals surface area contributed by atoms with Crippen LogP contribution >= 0.6 is 11.3 Å². The number of hydrogen-bond donors (Lipinski definition) is 0. The predicted octanol–water partition coefficient (Wildman–Crippen LogP) is 13.5. The van der Waals surface area contributed by atoms with Crippen molar-refractivity contribution in [3.05, 3.63) is 164 Å². The number of fused-ring (bicyclic) bond motifs is 15. The van der Waals surface area contributed by atoms with Gasteiger partial charge in [-0.25, -0.2) is 9.97 Å². The predicted molar refractivity (Wildman–Crippen MR) is 222 cm³/mol. The van der Waals surface area contributed by atoms with Crippen molar-refractivity contribution >= 4 is 96.9 Å². The number of hydrogen-bond acceptors (Lipinski definition) is 4. The minimum absolute atomic E-state index is 0.617. The van der Waals surface area contributed by atoms with Crippen molar-refractivity contribution in [2.45, 2.75) is 0 Å². The molecule has 4 aromatic heterocycles. The van der Waals surface area contributed by atoms with Crippen LogP contribution in [0.25, 0.3) is 114 Å². The van der Waals surface area contributed by atoms with E-state index in [0.717, 1.165) is 60.7 Å². The van der Waals surface area contributed by atoms with Crippen LogP contribution in [-0.2, 0) is 0 Å². The summed E-state index contributed by atoms with van der Waals surface area (Å²) < 4.78 is 11.7. The number of rotatable bonds is 3. The van der Waals surface area contributed by atoms with Crippen LogP contribution in [-0.4, -0.2) is 14.5 Å². The third-order valence-electron chi connectivity index (χ3n) is 10.8. The Bertz CT molecular complexity index is 3460. The Morgan fingerprint density at radius 1 is 0.472 bits per heavy atom. The molecule has 246 valence electrons. The maximum atomic E-state index is 6.88. The molecule has 0 bridgehead atoms. The lowest BCUT2D eigenvalue weighted by Gasteiger charge is -2.12. The fraction of sp³-hybridized carbons (Fsp3) is 0. The summed E-state index contributed by atoms with van der Waals surface area (Å²) in [7, 11) is 0. The highest BCUT2D eigenvalue weighted by molar-refractivity contribution is 7.27. The van der Waals surface area contributed by atoms with Gasteiger partial charge in [0.2, 0.25) is 5.95 Å². The van der Waals surface area contributed by atoms with Crippen molar-refractivity contribution in [1.82, 2.24) is 14.5 Å². The topological polar surface area (TPSA) is 43.9 Å². The average molecular weight is 694 g/mol. The summed E-state index contributed by atoms with van der Waals surface area (Å²) in [6.45, 7) is 0. The molecule has 0 saturated heterocycles.